The summed E-state index contributed by atoms with van der Waals surface area (Å²) in [5, 5.41) is 0. The standard InChI is InChI=1S/C13H17NO2/c1-4-8-7-9(5-2)11-10(8)12(15)14(6-3)13(11)16/h4-5,8-11H,1-2,6-7H2,3H3. The molecule has 3 heteroatoms. The number of allylic oxidation sites excluding steroid dienone is 2. The van der Waals surface area contributed by atoms with Gasteiger partial charge >= 0.3 is 0 Å². The fourth-order valence-corrected chi connectivity index (χ4v) is 3.08. The van der Waals surface area contributed by atoms with E-state index in [1.807, 2.05) is 19.1 Å². The summed E-state index contributed by atoms with van der Waals surface area (Å²) in [6, 6.07) is 0. The van der Waals surface area contributed by atoms with Crippen LogP contribution in [0.5, 0.6) is 0 Å². The number of amides is 2. The molecule has 0 N–H and O–H groups in total. The fraction of sp³-hybridized carbons (Fsp3) is 0.538. The topological polar surface area (TPSA) is 37.4 Å². The zero-order valence-electron chi connectivity index (χ0n) is 9.56. The van der Waals surface area contributed by atoms with E-state index >= 15 is 0 Å². The van der Waals surface area contributed by atoms with Crippen molar-refractivity contribution in [3.8, 4) is 0 Å². The molecule has 1 saturated heterocycles. The van der Waals surface area contributed by atoms with Crippen LogP contribution < -0.4 is 0 Å². The number of hydrogen-bond donors (Lipinski definition) is 0. The van der Waals surface area contributed by atoms with Crippen LogP contribution in [-0.4, -0.2) is 23.3 Å². The predicted octanol–water partition coefficient (Wildman–Crippen LogP) is 1.62. The number of fused-ring (bicyclic) bond motifs is 1. The molecule has 0 spiro atoms. The molecule has 4 unspecified atom stereocenters. The normalized spacial score (nSPS) is 37.7. The van der Waals surface area contributed by atoms with Crippen molar-refractivity contribution in [3.05, 3.63) is 25.3 Å². The van der Waals surface area contributed by atoms with Gasteiger partial charge in [0.2, 0.25) is 11.8 Å². The molecule has 0 aromatic carbocycles. The average Bonchev–Trinajstić information content (AvgIpc) is 2.77. The van der Waals surface area contributed by atoms with Crippen molar-refractivity contribution in [2.45, 2.75) is 13.3 Å². The minimum Gasteiger partial charge on any atom is -0.282 e. The second kappa shape index (κ2) is 3.89. The average molecular weight is 219 g/mol. The van der Waals surface area contributed by atoms with Crippen LogP contribution in [0.25, 0.3) is 0 Å². The Labute approximate surface area is 95.8 Å². The summed E-state index contributed by atoms with van der Waals surface area (Å²) in [5.41, 5.74) is 0. The Hall–Kier alpha value is -1.38. The van der Waals surface area contributed by atoms with Crippen molar-refractivity contribution in [1.29, 1.82) is 0 Å². The molecule has 0 aromatic rings. The quantitative estimate of drug-likeness (QED) is 0.534. The van der Waals surface area contributed by atoms with Crippen molar-refractivity contribution in [2.75, 3.05) is 6.54 Å². The van der Waals surface area contributed by atoms with Crippen LogP contribution in [-0.2, 0) is 9.59 Å². The lowest BCUT2D eigenvalue weighted by Crippen LogP contribution is -2.33. The van der Waals surface area contributed by atoms with Gasteiger partial charge in [0.25, 0.3) is 0 Å². The van der Waals surface area contributed by atoms with Gasteiger partial charge in [-0.05, 0) is 25.2 Å². The molecule has 2 fully saturated rings. The number of imide groups is 1. The molecule has 1 saturated carbocycles. The number of hydrogen-bond acceptors (Lipinski definition) is 2. The molecule has 1 aliphatic heterocycles. The molecule has 0 bridgehead atoms. The van der Waals surface area contributed by atoms with Gasteiger partial charge in [0.05, 0.1) is 11.8 Å². The SMILES string of the molecule is C=CC1CC(C=C)C2C(=O)N(CC)C(=O)C12. The summed E-state index contributed by atoms with van der Waals surface area (Å²) in [6.07, 6.45) is 4.45. The van der Waals surface area contributed by atoms with E-state index in [0.29, 0.717) is 6.54 Å². The van der Waals surface area contributed by atoms with E-state index in [4.69, 9.17) is 0 Å². The largest absolute Gasteiger partial charge is 0.282 e. The van der Waals surface area contributed by atoms with E-state index in [1.54, 1.807) is 0 Å². The summed E-state index contributed by atoms with van der Waals surface area (Å²) in [7, 11) is 0. The van der Waals surface area contributed by atoms with Gasteiger partial charge < -0.3 is 0 Å². The third-order valence-corrected chi connectivity index (χ3v) is 3.88. The first kappa shape index (κ1) is 11.1. The monoisotopic (exact) mass is 219 g/mol. The summed E-state index contributed by atoms with van der Waals surface area (Å²) >= 11 is 0. The molecule has 4 atom stereocenters. The second-order valence-corrected chi connectivity index (χ2v) is 4.51. The first-order chi connectivity index (χ1) is 7.65. The summed E-state index contributed by atoms with van der Waals surface area (Å²) < 4.78 is 0. The third-order valence-electron chi connectivity index (χ3n) is 3.88. The lowest BCUT2D eigenvalue weighted by molar-refractivity contribution is -0.140. The van der Waals surface area contributed by atoms with E-state index in [9.17, 15) is 9.59 Å². The van der Waals surface area contributed by atoms with Crippen molar-refractivity contribution in [3.63, 3.8) is 0 Å². The third kappa shape index (κ3) is 1.27. The maximum atomic E-state index is 12.1. The van der Waals surface area contributed by atoms with Gasteiger partial charge in [-0.25, -0.2) is 0 Å². The zero-order valence-corrected chi connectivity index (χ0v) is 9.56. The lowest BCUT2D eigenvalue weighted by atomic mass is 9.89. The Bertz CT molecular complexity index is 329. The highest BCUT2D eigenvalue weighted by Crippen LogP contribution is 2.48. The molecule has 3 nitrogen and oxygen atoms in total. The molecule has 1 heterocycles. The van der Waals surface area contributed by atoms with E-state index in [0.717, 1.165) is 6.42 Å². The Morgan fingerprint density at radius 2 is 1.62 bits per heavy atom. The minimum absolute atomic E-state index is 0.0215. The van der Waals surface area contributed by atoms with Crippen molar-refractivity contribution in [1.82, 2.24) is 4.90 Å². The molecule has 16 heavy (non-hydrogen) atoms. The van der Waals surface area contributed by atoms with Gasteiger partial charge in [0, 0.05) is 6.54 Å². The molecule has 0 radical (unpaired) electrons. The molecule has 2 amide bonds. The molecule has 0 aromatic heterocycles. The van der Waals surface area contributed by atoms with Crippen LogP contribution in [0.3, 0.4) is 0 Å². The first-order valence-electron chi connectivity index (χ1n) is 5.76. The van der Waals surface area contributed by atoms with Crippen molar-refractivity contribution >= 4 is 11.8 Å². The lowest BCUT2D eigenvalue weighted by Gasteiger charge is -2.16. The van der Waals surface area contributed by atoms with E-state index in [2.05, 4.69) is 13.2 Å². The van der Waals surface area contributed by atoms with Crippen molar-refractivity contribution in [2.24, 2.45) is 23.7 Å². The van der Waals surface area contributed by atoms with Crippen LogP contribution in [0.4, 0.5) is 0 Å². The van der Waals surface area contributed by atoms with Crippen LogP contribution in [0.1, 0.15) is 13.3 Å². The first-order valence-corrected chi connectivity index (χ1v) is 5.76. The fourth-order valence-electron chi connectivity index (χ4n) is 3.08. The molecule has 86 valence electrons. The number of likely N-dealkylation sites (tertiary alicyclic amines) is 1. The molecule has 1 aliphatic carbocycles. The van der Waals surface area contributed by atoms with Crippen LogP contribution >= 0.6 is 0 Å². The van der Waals surface area contributed by atoms with Gasteiger partial charge in [-0.2, -0.15) is 0 Å². The number of carbonyl (C=O) groups is 2. The molecule has 2 rings (SSSR count). The van der Waals surface area contributed by atoms with Gasteiger partial charge in [-0.15, -0.1) is 13.2 Å². The maximum absolute atomic E-state index is 12.1. The Balaban J connectivity index is 2.37. The maximum Gasteiger partial charge on any atom is 0.233 e. The Morgan fingerprint density at radius 1 is 1.19 bits per heavy atom. The van der Waals surface area contributed by atoms with Crippen LogP contribution in [0.15, 0.2) is 25.3 Å². The van der Waals surface area contributed by atoms with Crippen LogP contribution in [0, 0.1) is 23.7 Å². The van der Waals surface area contributed by atoms with Gasteiger partial charge in [0.1, 0.15) is 0 Å². The van der Waals surface area contributed by atoms with E-state index < -0.39 is 0 Å². The van der Waals surface area contributed by atoms with Crippen molar-refractivity contribution < 1.29 is 9.59 Å². The minimum atomic E-state index is -0.187. The number of carbonyl (C=O) groups excluding carboxylic acids is 2. The smallest absolute Gasteiger partial charge is 0.233 e. The van der Waals surface area contributed by atoms with Gasteiger partial charge in [-0.3, -0.25) is 14.5 Å². The Kier molecular flexibility index (Phi) is 2.70. The molecular weight excluding hydrogens is 202 g/mol. The van der Waals surface area contributed by atoms with Crippen LogP contribution in [0.2, 0.25) is 0 Å². The highest BCUT2D eigenvalue weighted by molar-refractivity contribution is 6.06. The second-order valence-electron chi connectivity index (χ2n) is 4.51. The summed E-state index contributed by atoms with van der Waals surface area (Å²) in [4.78, 5) is 25.5. The molecule has 2 aliphatic rings. The molecular formula is C13H17NO2. The van der Waals surface area contributed by atoms with E-state index in [1.165, 1.54) is 4.90 Å². The summed E-state index contributed by atoms with van der Waals surface area (Å²) in [6.45, 7) is 9.84. The zero-order chi connectivity index (χ0) is 11.9. The predicted molar refractivity (Wildman–Crippen MR) is 61.4 cm³/mol. The van der Waals surface area contributed by atoms with Gasteiger partial charge in [-0.1, -0.05) is 12.2 Å². The highest BCUT2D eigenvalue weighted by atomic mass is 16.2. The number of nitrogens with zero attached hydrogens (tertiary/aromatic N) is 1. The van der Waals surface area contributed by atoms with Gasteiger partial charge in [0.15, 0.2) is 0 Å². The highest BCUT2D eigenvalue weighted by Gasteiger charge is 2.56. The van der Waals surface area contributed by atoms with E-state index in [-0.39, 0.29) is 35.5 Å². The number of rotatable bonds is 3. The summed E-state index contributed by atoms with van der Waals surface area (Å²) in [5.74, 6) is -0.165. The Morgan fingerprint density at radius 3 is 1.94 bits per heavy atom.